The van der Waals surface area contributed by atoms with Crippen molar-refractivity contribution in [1.82, 2.24) is 9.78 Å². The first-order chi connectivity index (χ1) is 5.65. The summed E-state index contributed by atoms with van der Waals surface area (Å²) in [5.74, 6) is 0. The molecule has 0 aliphatic carbocycles. The minimum absolute atomic E-state index is 0.659. The molecule has 1 rings (SSSR count). The molecule has 2 atom stereocenters. The van der Waals surface area contributed by atoms with Gasteiger partial charge in [0.2, 0.25) is 0 Å². The predicted molar refractivity (Wildman–Crippen MR) is 44.5 cm³/mol. The minimum atomic E-state index is -0.828. The molecule has 12 heavy (non-hydrogen) atoms. The molecule has 4 nitrogen and oxygen atoms in total. The van der Waals surface area contributed by atoms with Gasteiger partial charge in [0.05, 0.1) is 12.3 Å². The Kier molecular flexibility index (Phi) is 2.83. The number of aryl methyl sites for hydroxylation is 1. The molecule has 1 heterocycles. The smallest absolute Gasteiger partial charge is 0.108 e. The summed E-state index contributed by atoms with van der Waals surface area (Å²) in [6.07, 6.45) is 1.72. The molecule has 1 aromatic rings. The van der Waals surface area contributed by atoms with E-state index in [2.05, 4.69) is 5.10 Å². The molecule has 68 valence electrons. The maximum absolute atomic E-state index is 9.40. The molecule has 0 saturated heterocycles. The van der Waals surface area contributed by atoms with Crippen molar-refractivity contribution in [2.24, 2.45) is 0 Å². The van der Waals surface area contributed by atoms with E-state index in [1.54, 1.807) is 24.0 Å². The number of rotatable bonds is 3. The molecule has 2 N–H and O–H groups in total. The van der Waals surface area contributed by atoms with Crippen LogP contribution in [-0.2, 0) is 6.54 Å². The maximum atomic E-state index is 9.40. The fraction of sp³-hybridized carbons (Fsp3) is 0.625. The fourth-order valence-electron chi connectivity index (χ4n) is 0.984. The van der Waals surface area contributed by atoms with Gasteiger partial charge in [-0.15, -0.1) is 0 Å². The Labute approximate surface area is 71.5 Å². The van der Waals surface area contributed by atoms with Gasteiger partial charge in [-0.1, -0.05) is 0 Å². The number of aliphatic hydroxyl groups is 2. The normalized spacial score (nSPS) is 16.0. The molecule has 2 unspecified atom stereocenters. The summed E-state index contributed by atoms with van der Waals surface area (Å²) in [4.78, 5) is 0. The van der Waals surface area contributed by atoms with E-state index >= 15 is 0 Å². The van der Waals surface area contributed by atoms with Crippen LogP contribution in [0.4, 0.5) is 0 Å². The van der Waals surface area contributed by atoms with Crippen LogP contribution in [0.15, 0.2) is 12.4 Å². The van der Waals surface area contributed by atoms with Gasteiger partial charge >= 0.3 is 0 Å². The lowest BCUT2D eigenvalue weighted by Gasteiger charge is -2.10. The number of hydrogen-bond acceptors (Lipinski definition) is 3. The van der Waals surface area contributed by atoms with Crippen LogP contribution >= 0.6 is 0 Å². The van der Waals surface area contributed by atoms with E-state index in [4.69, 9.17) is 5.11 Å². The van der Waals surface area contributed by atoms with Crippen molar-refractivity contribution < 1.29 is 10.2 Å². The number of hydrogen-bond donors (Lipinski definition) is 2. The average Bonchev–Trinajstić information content (AvgIpc) is 2.50. The summed E-state index contributed by atoms with van der Waals surface area (Å²) in [6, 6.07) is 0. The van der Waals surface area contributed by atoms with Gasteiger partial charge < -0.3 is 10.2 Å². The van der Waals surface area contributed by atoms with E-state index < -0.39 is 12.2 Å². The van der Waals surface area contributed by atoms with Gasteiger partial charge in [-0.3, -0.25) is 4.68 Å². The largest absolute Gasteiger partial charge is 0.390 e. The summed E-state index contributed by atoms with van der Waals surface area (Å²) >= 11 is 0. The van der Waals surface area contributed by atoms with Crippen LogP contribution < -0.4 is 0 Å². The van der Waals surface area contributed by atoms with Crippen molar-refractivity contribution in [3.05, 3.63) is 18.0 Å². The average molecular weight is 170 g/mol. The summed E-state index contributed by atoms with van der Waals surface area (Å²) in [6.45, 7) is 4.28. The highest BCUT2D eigenvalue weighted by Gasteiger charge is 2.14. The lowest BCUT2D eigenvalue weighted by molar-refractivity contribution is 0.0305. The second-order valence-electron chi connectivity index (χ2n) is 2.81. The first-order valence-corrected chi connectivity index (χ1v) is 4.03. The standard InChI is InChI=1S/C8H14N2O2/c1-3-10-5-7(4-9-10)8(12)6(2)11/h4-6,8,11-12H,3H2,1-2H3. The number of aromatic nitrogens is 2. The highest BCUT2D eigenvalue weighted by molar-refractivity contribution is 5.08. The molecule has 4 heteroatoms. The summed E-state index contributed by atoms with van der Waals surface area (Å²) in [5.41, 5.74) is 0.659. The Morgan fingerprint density at radius 3 is 2.67 bits per heavy atom. The Bertz CT molecular complexity index is 245. The van der Waals surface area contributed by atoms with Crippen LogP contribution in [0.1, 0.15) is 25.5 Å². The first-order valence-electron chi connectivity index (χ1n) is 4.03. The monoisotopic (exact) mass is 170 g/mol. The molecule has 0 bridgehead atoms. The summed E-state index contributed by atoms with van der Waals surface area (Å²) < 4.78 is 1.71. The lowest BCUT2D eigenvalue weighted by Crippen LogP contribution is -2.12. The molecule has 0 radical (unpaired) electrons. The van der Waals surface area contributed by atoms with Gasteiger partial charge in [-0.05, 0) is 13.8 Å². The van der Waals surface area contributed by atoms with Crippen LogP contribution in [0.25, 0.3) is 0 Å². The van der Waals surface area contributed by atoms with E-state index in [0.29, 0.717) is 5.56 Å². The van der Waals surface area contributed by atoms with Crippen molar-refractivity contribution >= 4 is 0 Å². The van der Waals surface area contributed by atoms with E-state index in [1.165, 1.54) is 0 Å². The van der Waals surface area contributed by atoms with Gasteiger partial charge in [0.25, 0.3) is 0 Å². The van der Waals surface area contributed by atoms with Gasteiger partial charge in [0, 0.05) is 18.3 Å². The molecule has 0 aromatic carbocycles. The van der Waals surface area contributed by atoms with Crippen molar-refractivity contribution in [3.8, 4) is 0 Å². The van der Waals surface area contributed by atoms with Crippen LogP contribution in [-0.4, -0.2) is 26.1 Å². The zero-order chi connectivity index (χ0) is 9.14. The van der Waals surface area contributed by atoms with Gasteiger partial charge in [0.15, 0.2) is 0 Å². The topological polar surface area (TPSA) is 58.3 Å². The van der Waals surface area contributed by atoms with E-state index in [9.17, 15) is 5.11 Å². The molecule has 0 spiro atoms. The quantitative estimate of drug-likeness (QED) is 0.686. The second kappa shape index (κ2) is 3.69. The van der Waals surface area contributed by atoms with Gasteiger partial charge in [-0.25, -0.2) is 0 Å². The van der Waals surface area contributed by atoms with E-state index in [-0.39, 0.29) is 0 Å². The van der Waals surface area contributed by atoms with Crippen molar-refractivity contribution in [2.75, 3.05) is 0 Å². The predicted octanol–water partition coefficient (Wildman–Crippen LogP) is 0.317. The van der Waals surface area contributed by atoms with E-state index in [1.807, 2.05) is 6.92 Å². The van der Waals surface area contributed by atoms with E-state index in [0.717, 1.165) is 6.54 Å². The van der Waals surface area contributed by atoms with Gasteiger partial charge in [-0.2, -0.15) is 5.10 Å². The highest BCUT2D eigenvalue weighted by Crippen LogP contribution is 2.15. The Morgan fingerprint density at radius 2 is 2.25 bits per heavy atom. The summed E-state index contributed by atoms with van der Waals surface area (Å²) in [7, 11) is 0. The molecule has 0 aliphatic rings. The Morgan fingerprint density at radius 1 is 1.58 bits per heavy atom. The molecular weight excluding hydrogens is 156 g/mol. The number of aliphatic hydroxyl groups excluding tert-OH is 2. The second-order valence-corrected chi connectivity index (χ2v) is 2.81. The van der Waals surface area contributed by atoms with Crippen molar-refractivity contribution in [1.29, 1.82) is 0 Å². The summed E-state index contributed by atoms with van der Waals surface area (Å²) in [5, 5.41) is 22.5. The van der Waals surface area contributed by atoms with Crippen LogP contribution in [0.3, 0.4) is 0 Å². The Hall–Kier alpha value is -0.870. The third kappa shape index (κ3) is 1.84. The Balaban J connectivity index is 2.74. The third-order valence-corrected chi connectivity index (χ3v) is 1.78. The highest BCUT2D eigenvalue weighted by atomic mass is 16.3. The third-order valence-electron chi connectivity index (χ3n) is 1.78. The molecule has 0 saturated carbocycles. The SMILES string of the molecule is CCn1cc(C(O)C(C)O)cn1. The molecule has 0 fully saturated rings. The first kappa shape index (κ1) is 9.22. The maximum Gasteiger partial charge on any atom is 0.108 e. The van der Waals surface area contributed by atoms with Crippen molar-refractivity contribution in [3.63, 3.8) is 0 Å². The molecule has 1 aromatic heterocycles. The minimum Gasteiger partial charge on any atom is -0.390 e. The fourth-order valence-corrected chi connectivity index (χ4v) is 0.984. The van der Waals surface area contributed by atoms with Crippen molar-refractivity contribution in [2.45, 2.75) is 32.6 Å². The van der Waals surface area contributed by atoms with Crippen LogP contribution in [0.2, 0.25) is 0 Å². The van der Waals surface area contributed by atoms with Crippen LogP contribution in [0.5, 0.6) is 0 Å². The molecular formula is C8H14N2O2. The zero-order valence-electron chi connectivity index (χ0n) is 7.31. The molecule has 0 amide bonds. The van der Waals surface area contributed by atoms with Crippen LogP contribution in [0, 0.1) is 0 Å². The number of nitrogens with zero attached hydrogens (tertiary/aromatic N) is 2. The van der Waals surface area contributed by atoms with Gasteiger partial charge in [0.1, 0.15) is 6.10 Å². The molecule has 0 aliphatic heterocycles. The zero-order valence-corrected chi connectivity index (χ0v) is 7.31. The lowest BCUT2D eigenvalue weighted by atomic mass is 10.1.